The van der Waals surface area contributed by atoms with E-state index in [1.165, 1.54) is 11.0 Å². The van der Waals surface area contributed by atoms with Crippen LogP contribution < -0.4 is 16.0 Å². The van der Waals surface area contributed by atoms with E-state index < -0.39 is 5.91 Å². The average Bonchev–Trinajstić information content (AvgIpc) is 3.09. The normalized spacial score (nSPS) is 10.4. The van der Waals surface area contributed by atoms with Crippen LogP contribution in [0.15, 0.2) is 42.9 Å². The molecule has 9 nitrogen and oxygen atoms in total. The van der Waals surface area contributed by atoms with Crippen LogP contribution in [-0.4, -0.2) is 45.0 Å². The predicted octanol–water partition coefficient (Wildman–Crippen LogP) is 0.966. The SMILES string of the molecule is CN(C)c1ncc(C(N)=O)c(Nc2cccc(-n3nccn3)c2)n1. The number of carbonyl (C=O) groups excluding carboxylic acids is 1. The van der Waals surface area contributed by atoms with E-state index in [0.717, 1.165) is 11.4 Å². The van der Waals surface area contributed by atoms with Gasteiger partial charge in [0.25, 0.3) is 5.91 Å². The molecule has 0 fully saturated rings. The molecular weight excluding hydrogens is 308 g/mol. The van der Waals surface area contributed by atoms with Crippen molar-refractivity contribution in [2.45, 2.75) is 0 Å². The minimum Gasteiger partial charge on any atom is -0.365 e. The minimum absolute atomic E-state index is 0.211. The summed E-state index contributed by atoms with van der Waals surface area (Å²) in [5.41, 5.74) is 7.11. The van der Waals surface area contributed by atoms with E-state index in [1.807, 2.05) is 38.4 Å². The van der Waals surface area contributed by atoms with Crippen LogP contribution >= 0.6 is 0 Å². The van der Waals surface area contributed by atoms with E-state index in [2.05, 4.69) is 25.5 Å². The number of benzene rings is 1. The quantitative estimate of drug-likeness (QED) is 0.718. The number of anilines is 3. The second kappa shape index (κ2) is 6.32. The molecule has 0 aliphatic rings. The summed E-state index contributed by atoms with van der Waals surface area (Å²) in [4.78, 5) is 23.3. The Kier molecular flexibility index (Phi) is 4.06. The first-order valence-electron chi connectivity index (χ1n) is 7.12. The zero-order valence-electron chi connectivity index (χ0n) is 13.2. The summed E-state index contributed by atoms with van der Waals surface area (Å²) in [6.07, 6.45) is 4.60. The van der Waals surface area contributed by atoms with Crippen LogP contribution in [-0.2, 0) is 0 Å². The number of nitrogens with one attached hydrogen (secondary N) is 1. The molecule has 0 unspecified atom stereocenters. The van der Waals surface area contributed by atoms with Crippen molar-refractivity contribution in [2.75, 3.05) is 24.3 Å². The molecule has 0 atom stereocenters. The van der Waals surface area contributed by atoms with Crippen molar-refractivity contribution < 1.29 is 4.79 Å². The van der Waals surface area contributed by atoms with Gasteiger partial charge in [-0.2, -0.15) is 20.0 Å². The summed E-state index contributed by atoms with van der Waals surface area (Å²) < 4.78 is 0. The third kappa shape index (κ3) is 3.14. The van der Waals surface area contributed by atoms with E-state index in [1.54, 1.807) is 17.3 Å². The van der Waals surface area contributed by atoms with Crippen LogP contribution in [0.4, 0.5) is 17.5 Å². The molecule has 3 N–H and O–H groups in total. The van der Waals surface area contributed by atoms with Gasteiger partial charge in [0.2, 0.25) is 5.95 Å². The minimum atomic E-state index is -0.604. The maximum atomic E-state index is 11.6. The van der Waals surface area contributed by atoms with Crippen molar-refractivity contribution >= 4 is 23.4 Å². The van der Waals surface area contributed by atoms with Crippen molar-refractivity contribution in [3.8, 4) is 5.69 Å². The highest BCUT2D eigenvalue weighted by molar-refractivity contribution is 5.98. The molecule has 1 aromatic carbocycles. The fourth-order valence-electron chi connectivity index (χ4n) is 2.06. The Morgan fingerprint density at radius 2 is 2.00 bits per heavy atom. The summed E-state index contributed by atoms with van der Waals surface area (Å²) in [6, 6.07) is 7.39. The Bertz CT molecular complexity index is 860. The molecule has 0 saturated carbocycles. The molecule has 0 spiro atoms. The van der Waals surface area contributed by atoms with Gasteiger partial charge in [-0.05, 0) is 18.2 Å². The molecule has 2 aromatic heterocycles. The molecule has 0 radical (unpaired) electrons. The van der Waals surface area contributed by atoms with Crippen LogP contribution in [0.5, 0.6) is 0 Å². The Hall–Kier alpha value is -3.49. The van der Waals surface area contributed by atoms with E-state index in [9.17, 15) is 4.79 Å². The van der Waals surface area contributed by atoms with Gasteiger partial charge in [0.15, 0.2) is 0 Å². The molecule has 0 aliphatic heterocycles. The fraction of sp³-hybridized carbons (Fsp3) is 0.133. The second-order valence-corrected chi connectivity index (χ2v) is 5.18. The Balaban J connectivity index is 1.97. The van der Waals surface area contributed by atoms with Crippen LogP contribution in [0.25, 0.3) is 5.69 Å². The Labute approximate surface area is 138 Å². The number of aromatic nitrogens is 5. The first-order valence-corrected chi connectivity index (χ1v) is 7.12. The Morgan fingerprint density at radius 1 is 1.25 bits per heavy atom. The molecule has 3 aromatic rings. The summed E-state index contributed by atoms with van der Waals surface area (Å²) in [5, 5.41) is 11.3. The van der Waals surface area contributed by atoms with Gasteiger partial charge in [0.05, 0.1) is 18.1 Å². The van der Waals surface area contributed by atoms with Crippen molar-refractivity contribution in [3.05, 3.63) is 48.4 Å². The number of nitrogens with two attached hydrogens (primary N) is 1. The molecular formula is C15H16N8O. The van der Waals surface area contributed by atoms with Gasteiger partial charge in [-0.25, -0.2) is 4.98 Å². The zero-order chi connectivity index (χ0) is 17.1. The maximum Gasteiger partial charge on any atom is 0.254 e. The number of carbonyl (C=O) groups is 1. The third-order valence-electron chi connectivity index (χ3n) is 3.20. The summed E-state index contributed by atoms with van der Waals surface area (Å²) in [5.74, 6) is 0.201. The van der Waals surface area contributed by atoms with E-state index in [4.69, 9.17) is 5.73 Å². The maximum absolute atomic E-state index is 11.6. The van der Waals surface area contributed by atoms with Gasteiger partial charge in [0.1, 0.15) is 11.4 Å². The lowest BCUT2D eigenvalue weighted by Crippen LogP contribution is -2.18. The number of primary amides is 1. The lowest BCUT2D eigenvalue weighted by Gasteiger charge is -2.14. The lowest BCUT2D eigenvalue weighted by molar-refractivity contribution is 0.100. The largest absolute Gasteiger partial charge is 0.365 e. The van der Waals surface area contributed by atoms with Gasteiger partial charge in [-0.3, -0.25) is 4.79 Å². The molecule has 9 heteroatoms. The molecule has 24 heavy (non-hydrogen) atoms. The number of hydrogen-bond acceptors (Lipinski definition) is 7. The summed E-state index contributed by atoms with van der Waals surface area (Å²) in [7, 11) is 3.63. The van der Waals surface area contributed by atoms with E-state index >= 15 is 0 Å². The third-order valence-corrected chi connectivity index (χ3v) is 3.20. The lowest BCUT2D eigenvalue weighted by atomic mass is 10.2. The highest BCUT2D eigenvalue weighted by atomic mass is 16.1. The Morgan fingerprint density at radius 3 is 2.67 bits per heavy atom. The number of nitrogens with zero attached hydrogens (tertiary/aromatic N) is 6. The first kappa shape index (κ1) is 15.4. The van der Waals surface area contributed by atoms with Gasteiger partial charge >= 0.3 is 0 Å². The molecule has 2 heterocycles. The predicted molar refractivity (Wildman–Crippen MR) is 89.5 cm³/mol. The molecule has 0 aliphatic carbocycles. The number of amides is 1. The highest BCUT2D eigenvalue weighted by Gasteiger charge is 2.13. The highest BCUT2D eigenvalue weighted by Crippen LogP contribution is 2.21. The molecule has 122 valence electrons. The van der Waals surface area contributed by atoms with Crippen molar-refractivity contribution in [3.63, 3.8) is 0 Å². The topological polar surface area (TPSA) is 115 Å². The standard InChI is InChI=1S/C15H16N8O/c1-22(2)15-17-9-12(13(16)24)14(21-15)20-10-4-3-5-11(8-10)23-18-6-7-19-23/h3-9H,1-2H3,(H2,16,24)(H,17,20,21). The molecule has 0 saturated heterocycles. The number of rotatable bonds is 5. The van der Waals surface area contributed by atoms with E-state index in [0.29, 0.717) is 11.8 Å². The van der Waals surface area contributed by atoms with Crippen molar-refractivity contribution in [1.82, 2.24) is 25.0 Å². The molecule has 0 bridgehead atoms. The van der Waals surface area contributed by atoms with Crippen LogP contribution in [0, 0.1) is 0 Å². The van der Waals surface area contributed by atoms with Crippen LogP contribution in [0.1, 0.15) is 10.4 Å². The fourth-order valence-corrected chi connectivity index (χ4v) is 2.06. The van der Waals surface area contributed by atoms with Crippen molar-refractivity contribution in [2.24, 2.45) is 5.73 Å². The zero-order valence-corrected chi connectivity index (χ0v) is 13.2. The monoisotopic (exact) mass is 324 g/mol. The van der Waals surface area contributed by atoms with Crippen LogP contribution in [0.3, 0.4) is 0 Å². The van der Waals surface area contributed by atoms with Gasteiger partial charge in [-0.15, -0.1) is 0 Å². The van der Waals surface area contributed by atoms with E-state index in [-0.39, 0.29) is 5.56 Å². The summed E-state index contributed by atoms with van der Waals surface area (Å²) in [6.45, 7) is 0. The molecule has 1 amide bonds. The average molecular weight is 324 g/mol. The van der Waals surface area contributed by atoms with Gasteiger partial charge in [0, 0.05) is 26.0 Å². The summed E-state index contributed by atoms with van der Waals surface area (Å²) >= 11 is 0. The first-order chi connectivity index (χ1) is 11.5. The van der Waals surface area contributed by atoms with Gasteiger partial charge in [-0.1, -0.05) is 6.07 Å². The number of hydrogen-bond donors (Lipinski definition) is 2. The van der Waals surface area contributed by atoms with Gasteiger partial charge < -0.3 is 16.0 Å². The van der Waals surface area contributed by atoms with Crippen molar-refractivity contribution in [1.29, 1.82) is 0 Å². The second-order valence-electron chi connectivity index (χ2n) is 5.18. The smallest absolute Gasteiger partial charge is 0.254 e. The molecule has 3 rings (SSSR count). The van der Waals surface area contributed by atoms with Crippen LogP contribution in [0.2, 0.25) is 0 Å².